The Bertz CT molecular complexity index is 1150. The second-order valence-corrected chi connectivity index (χ2v) is 9.13. The molecular weight excluding hydrogens is 457 g/mol. The van der Waals surface area contributed by atoms with Gasteiger partial charge in [-0.25, -0.2) is 0 Å². The van der Waals surface area contributed by atoms with Crippen molar-refractivity contribution in [2.75, 3.05) is 23.4 Å². The SMILES string of the molecule is CC1(C)CN(c2ccc(OC(F)(F)F)cc2)CN1Cc1ccncc1NC(=O)Cc1ccccc1. The van der Waals surface area contributed by atoms with Crippen LogP contribution in [0.15, 0.2) is 73.1 Å². The summed E-state index contributed by atoms with van der Waals surface area (Å²) in [6.45, 7) is 6.06. The van der Waals surface area contributed by atoms with Crippen LogP contribution in [0.1, 0.15) is 25.0 Å². The molecule has 6 nitrogen and oxygen atoms in total. The summed E-state index contributed by atoms with van der Waals surface area (Å²) in [5.74, 6) is -0.363. The van der Waals surface area contributed by atoms with Gasteiger partial charge in [-0.15, -0.1) is 13.2 Å². The minimum Gasteiger partial charge on any atom is -0.406 e. The standard InChI is InChI=1S/C26H27F3N4O2/c1-25(2)17-32(21-8-10-22(11-9-21)35-26(27,28)29)18-33(25)16-20-12-13-30-15-23(20)31-24(34)14-19-6-4-3-5-7-19/h3-13,15H,14,16-18H2,1-2H3,(H,31,34). The first-order chi connectivity index (χ1) is 16.6. The van der Waals surface area contributed by atoms with Crippen LogP contribution in [0.4, 0.5) is 24.5 Å². The van der Waals surface area contributed by atoms with Gasteiger partial charge in [0.1, 0.15) is 5.75 Å². The Morgan fingerprint density at radius 1 is 1.09 bits per heavy atom. The molecule has 1 aliphatic heterocycles. The molecule has 0 radical (unpaired) electrons. The fourth-order valence-electron chi connectivity index (χ4n) is 4.17. The number of amides is 1. The number of anilines is 2. The highest BCUT2D eigenvalue weighted by molar-refractivity contribution is 5.92. The molecule has 2 aromatic carbocycles. The summed E-state index contributed by atoms with van der Waals surface area (Å²) < 4.78 is 41.3. The maximum atomic E-state index is 12.6. The second kappa shape index (κ2) is 9.95. The molecule has 9 heteroatoms. The van der Waals surface area contributed by atoms with Crippen molar-refractivity contribution in [2.24, 2.45) is 0 Å². The van der Waals surface area contributed by atoms with E-state index in [-0.39, 0.29) is 23.6 Å². The van der Waals surface area contributed by atoms with E-state index in [0.29, 0.717) is 25.4 Å². The van der Waals surface area contributed by atoms with Gasteiger partial charge in [0.2, 0.25) is 5.91 Å². The first kappa shape index (κ1) is 24.5. The summed E-state index contributed by atoms with van der Waals surface area (Å²) in [4.78, 5) is 21.1. The van der Waals surface area contributed by atoms with Crippen LogP contribution in [0, 0.1) is 0 Å². The van der Waals surface area contributed by atoms with Gasteiger partial charge in [-0.3, -0.25) is 14.7 Å². The van der Waals surface area contributed by atoms with Crippen LogP contribution < -0.4 is 15.0 Å². The molecule has 0 saturated carbocycles. The molecule has 2 heterocycles. The van der Waals surface area contributed by atoms with Gasteiger partial charge in [0, 0.05) is 30.5 Å². The molecule has 0 unspecified atom stereocenters. The van der Waals surface area contributed by atoms with E-state index >= 15 is 0 Å². The molecule has 1 N–H and O–H groups in total. The number of benzene rings is 2. The van der Waals surface area contributed by atoms with Gasteiger partial charge >= 0.3 is 6.36 Å². The van der Waals surface area contributed by atoms with Crippen molar-refractivity contribution in [3.8, 4) is 5.75 Å². The van der Waals surface area contributed by atoms with Gasteiger partial charge in [0.25, 0.3) is 0 Å². The van der Waals surface area contributed by atoms with Gasteiger partial charge in [-0.1, -0.05) is 30.3 Å². The van der Waals surface area contributed by atoms with E-state index in [4.69, 9.17) is 0 Å². The Hall–Kier alpha value is -3.59. The van der Waals surface area contributed by atoms with E-state index in [9.17, 15) is 18.0 Å². The third-order valence-electron chi connectivity index (χ3n) is 5.96. The van der Waals surface area contributed by atoms with E-state index in [1.165, 1.54) is 12.1 Å². The molecule has 1 saturated heterocycles. The number of carbonyl (C=O) groups is 1. The summed E-state index contributed by atoms with van der Waals surface area (Å²) in [7, 11) is 0. The zero-order valence-corrected chi connectivity index (χ0v) is 19.5. The number of nitrogens with one attached hydrogen (secondary N) is 1. The van der Waals surface area contributed by atoms with Crippen LogP contribution in [0.5, 0.6) is 5.75 Å². The average molecular weight is 485 g/mol. The lowest BCUT2D eigenvalue weighted by atomic mass is 10.0. The number of rotatable bonds is 7. The highest BCUT2D eigenvalue weighted by Gasteiger charge is 2.37. The molecule has 1 fully saturated rings. The van der Waals surface area contributed by atoms with E-state index in [1.807, 2.05) is 36.4 Å². The molecular formula is C26H27F3N4O2. The summed E-state index contributed by atoms with van der Waals surface area (Å²) in [6.07, 6.45) is -1.10. The predicted octanol–water partition coefficient (Wildman–Crippen LogP) is 5.22. The van der Waals surface area contributed by atoms with Crippen LogP contribution in [0.25, 0.3) is 0 Å². The van der Waals surface area contributed by atoms with Crippen molar-refractivity contribution in [2.45, 2.75) is 38.7 Å². The van der Waals surface area contributed by atoms with Crippen LogP contribution >= 0.6 is 0 Å². The highest BCUT2D eigenvalue weighted by atomic mass is 19.4. The molecule has 0 bridgehead atoms. The van der Waals surface area contributed by atoms with Crippen LogP contribution in [-0.2, 0) is 17.8 Å². The van der Waals surface area contributed by atoms with E-state index in [0.717, 1.165) is 16.8 Å². The molecule has 0 atom stereocenters. The molecule has 0 aliphatic carbocycles. The normalized spacial score (nSPS) is 15.7. The Morgan fingerprint density at radius 2 is 1.80 bits per heavy atom. The van der Waals surface area contributed by atoms with Gasteiger partial charge in [0.05, 0.1) is 25.0 Å². The first-order valence-corrected chi connectivity index (χ1v) is 11.2. The molecule has 35 heavy (non-hydrogen) atoms. The lowest BCUT2D eigenvalue weighted by Gasteiger charge is -2.30. The smallest absolute Gasteiger partial charge is 0.406 e. The number of alkyl halides is 3. The molecule has 184 valence electrons. The average Bonchev–Trinajstić information content (AvgIpc) is 3.09. The van der Waals surface area contributed by atoms with Gasteiger partial charge < -0.3 is 15.0 Å². The maximum absolute atomic E-state index is 12.6. The highest BCUT2D eigenvalue weighted by Crippen LogP contribution is 2.33. The predicted molar refractivity (Wildman–Crippen MR) is 128 cm³/mol. The number of halogens is 3. The number of nitrogens with zero attached hydrogens (tertiary/aromatic N) is 3. The van der Waals surface area contributed by atoms with E-state index in [1.54, 1.807) is 24.5 Å². The van der Waals surface area contributed by atoms with Crippen molar-refractivity contribution in [1.29, 1.82) is 0 Å². The van der Waals surface area contributed by atoms with Gasteiger partial charge in [-0.05, 0) is 55.3 Å². The molecule has 1 aromatic heterocycles. The number of hydrogen-bond donors (Lipinski definition) is 1. The molecule has 1 aliphatic rings. The zero-order chi connectivity index (χ0) is 25.1. The fraction of sp³-hybridized carbons (Fsp3) is 0.308. The number of ether oxygens (including phenoxy) is 1. The third-order valence-corrected chi connectivity index (χ3v) is 5.96. The van der Waals surface area contributed by atoms with Crippen LogP contribution in [-0.4, -0.2) is 40.9 Å². The van der Waals surface area contributed by atoms with Gasteiger partial charge in [0.15, 0.2) is 0 Å². The van der Waals surface area contributed by atoms with E-state index < -0.39 is 6.36 Å². The molecule has 3 aromatic rings. The summed E-state index contributed by atoms with van der Waals surface area (Å²) in [5, 5.41) is 2.98. The third kappa shape index (κ3) is 6.51. The number of aromatic nitrogens is 1. The van der Waals surface area contributed by atoms with Crippen LogP contribution in [0.2, 0.25) is 0 Å². The summed E-state index contributed by atoms with van der Waals surface area (Å²) in [5.41, 5.74) is 3.12. The Labute approximate surface area is 202 Å². The zero-order valence-electron chi connectivity index (χ0n) is 19.5. The topological polar surface area (TPSA) is 57.7 Å². The number of carbonyl (C=O) groups excluding carboxylic acids is 1. The minimum atomic E-state index is -4.72. The summed E-state index contributed by atoms with van der Waals surface area (Å²) >= 11 is 0. The second-order valence-electron chi connectivity index (χ2n) is 9.13. The van der Waals surface area contributed by atoms with E-state index in [2.05, 4.69) is 38.7 Å². The Balaban J connectivity index is 1.43. The maximum Gasteiger partial charge on any atom is 0.573 e. The van der Waals surface area contributed by atoms with Crippen molar-refractivity contribution >= 4 is 17.3 Å². The van der Waals surface area contributed by atoms with Gasteiger partial charge in [-0.2, -0.15) is 0 Å². The monoisotopic (exact) mass is 484 g/mol. The van der Waals surface area contributed by atoms with Crippen molar-refractivity contribution < 1.29 is 22.7 Å². The van der Waals surface area contributed by atoms with Crippen molar-refractivity contribution in [3.63, 3.8) is 0 Å². The fourth-order valence-corrected chi connectivity index (χ4v) is 4.17. The van der Waals surface area contributed by atoms with Crippen molar-refractivity contribution in [3.05, 3.63) is 84.2 Å². The molecule has 1 amide bonds. The lowest BCUT2D eigenvalue weighted by molar-refractivity contribution is -0.274. The first-order valence-electron chi connectivity index (χ1n) is 11.2. The largest absolute Gasteiger partial charge is 0.573 e. The summed E-state index contributed by atoms with van der Waals surface area (Å²) in [6, 6.07) is 17.3. The number of pyridine rings is 1. The quantitative estimate of drug-likeness (QED) is 0.498. The number of hydrogen-bond acceptors (Lipinski definition) is 5. The molecule has 4 rings (SSSR count). The minimum absolute atomic E-state index is 0.117. The Kier molecular flexibility index (Phi) is 6.98. The Morgan fingerprint density at radius 3 is 2.49 bits per heavy atom. The molecule has 0 spiro atoms. The lowest BCUT2D eigenvalue weighted by Crippen LogP contribution is -2.39. The van der Waals surface area contributed by atoms with Crippen molar-refractivity contribution in [1.82, 2.24) is 9.88 Å². The van der Waals surface area contributed by atoms with Crippen LogP contribution in [0.3, 0.4) is 0 Å².